The number of hydrogen-bond donors (Lipinski definition) is 1. The van der Waals surface area contributed by atoms with Gasteiger partial charge in [0.2, 0.25) is 0 Å². The first-order valence-electron chi connectivity index (χ1n) is 6.92. The molecule has 2 rings (SSSR count). The Balaban J connectivity index is 2.16. The van der Waals surface area contributed by atoms with Crippen LogP contribution >= 0.6 is 27.5 Å². The van der Waals surface area contributed by atoms with Gasteiger partial charge in [-0.15, -0.1) is 0 Å². The molecular weight excluding hydrogens is 324 g/mol. The Hall–Kier alpha value is -0.250. The maximum absolute atomic E-state index is 6.39. The summed E-state index contributed by atoms with van der Waals surface area (Å²) in [7, 11) is 0. The first-order valence-corrected chi connectivity index (χ1v) is 8.09. The van der Waals surface area contributed by atoms with Crippen LogP contribution in [0.2, 0.25) is 5.02 Å². The highest BCUT2D eigenvalue weighted by Crippen LogP contribution is 2.31. The minimum absolute atomic E-state index is 0.474. The molecule has 4 heteroatoms. The van der Waals surface area contributed by atoms with E-state index in [1.165, 1.54) is 6.42 Å². The third-order valence-electron chi connectivity index (χ3n) is 3.63. The van der Waals surface area contributed by atoms with Crippen molar-refractivity contribution in [3.05, 3.63) is 27.7 Å². The predicted molar refractivity (Wildman–Crippen MR) is 87.2 cm³/mol. The molecular formula is C15H22BrClN2. The van der Waals surface area contributed by atoms with E-state index < -0.39 is 0 Å². The van der Waals surface area contributed by atoms with Crippen LogP contribution in [0.5, 0.6) is 0 Å². The summed E-state index contributed by atoms with van der Waals surface area (Å²) >= 11 is 9.85. The van der Waals surface area contributed by atoms with Crippen molar-refractivity contribution in [2.75, 3.05) is 18.0 Å². The van der Waals surface area contributed by atoms with Crippen LogP contribution in [0, 0.1) is 5.92 Å². The number of benzene rings is 1. The molecule has 106 valence electrons. The van der Waals surface area contributed by atoms with Crippen molar-refractivity contribution in [3.8, 4) is 0 Å². The number of halogens is 2. The van der Waals surface area contributed by atoms with Gasteiger partial charge in [0.25, 0.3) is 0 Å². The first-order chi connectivity index (χ1) is 8.97. The van der Waals surface area contributed by atoms with Crippen LogP contribution in [0.1, 0.15) is 27.2 Å². The smallest absolute Gasteiger partial charge is 0.0650 e. The van der Waals surface area contributed by atoms with Crippen molar-refractivity contribution in [1.82, 2.24) is 5.32 Å². The molecule has 19 heavy (non-hydrogen) atoms. The second-order valence-corrected chi connectivity index (χ2v) is 7.15. The molecule has 1 aliphatic rings. The predicted octanol–water partition coefficient (Wildman–Crippen LogP) is 4.32. The SMILES string of the molecule is CC(C)CC1CN(c2ccc(Br)cc2Cl)C(C)CN1. The van der Waals surface area contributed by atoms with Gasteiger partial charge in [-0.2, -0.15) is 0 Å². The summed E-state index contributed by atoms with van der Waals surface area (Å²) in [5.74, 6) is 0.716. The molecule has 2 nitrogen and oxygen atoms in total. The van der Waals surface area contributed by atoms with Gasteiger partial charge in [0.1, 0.15) is 0 Å². The maximum atomic E-state index is 6.39. The minimum Gasteiger partial charge on any atom is -0.365 e. The molecule has 1 N–H and O–H groups in total. The fourth-order valence-electron chi connectivity index (χ4n) is 2.71. The van der Waals surface area contributed by atoms with Gasteiger partial charge in [-0.3, -0.25) is 0 Å². The van der Waals surface area contributed by atoms with Crippen molar-refractivity contribution in [3.63, 3.8) is 0 Å². The zero-order chi connectivity index (χ0) is 14.0. The van der Waals surface area contributed by atoms with Crippen LogP contribution in [0.25, 0.3) is 0 Å². The van der Waals surface area contributed by atoms with Gasteiger partial charge in [-0.1, -0.05) is 41.4 Å². The number of piperazine rings is 1. The molecule has 1 aliphatic heterocycles. The molecule has 0 aromatic heterocycles. The Morgan fingerprint density at radius 2 is 2.21 bits per heavy atom. The van der Waals surface area contributed by atoms with E-state index >= 15 is 0 Å². The number of nitrogens with zero attached hydrogens (tertiary/aromatic N) is 1. The quantitative estimate of drug-likeness (QED) is 0.878. The average Bonchev–Trinajstić information content (AvgIpc) is 2.31. The van der Waals surface area contributed by atoms with Crippen molar-refractivity contribution < 1.29 is 0 Å². The maximum Gasteiger partial charge on any atom is 0.0650 e. The van der Waals surface area contributed by atoms with Crippen molar-refractivity contribution in [2.24, 2.45) is 5.92 Å². The highest BCUT2D eigenvalue weighted by Gasteiger charge is 2.26. The molecule has 1 fully saturated rings. The molecule has 1 aromatic carbocycles. The third kappa shape index (κ3) is 3.87. The van der Waals surface area contributed by atoms with Gasteiger partial charge in [-0.05, 0) is 37.5 Å². The van der Waals surface area contributed by atoms with Crippen LogP contribution in [0.4, 0.5) is 5.69 Å². The Bertz CT molecular complexity index is 436. The molecule has 2 atom stereocenters. The Morgan fingerprint density at radius 1 is 1.47 bits per heavy atom. The van der Waals surface area contributed by atoms with E-state index in [2.05, 4.69) is 59.1 Å². The number of rotatable bonds is 3. The molecule has 1 aromatic rings. The average molecular weight is 346 g/mol. The van der Waals surface area contributed by atoms with Crippen LogP contribution in [-0.2, 0) is 0 Å². The minimum atomic E-state index is 0.474. The summed E-state index contributed by atoms with van der Waals surface area (Å²) in [5.41, 5.74) is 1.15. The van der Waals surface area contributed by atoms with E-state index in [1.54, 1.807) is 0 Å². The van der Waals surface area contributed by atoms with E-state index in [0.29, 0.717) is 18.0 Å². The van der Waals surface area contributed by atoms with E-state index in [0.717, 1.165) is 28.3 Å². The number of nitrogens with one attached hydrogen (secondary N) is 1. The molecule has 0 spiro atoms. The second kappa shape index (κ2) is 6.47. The third-order valence-corrected chi connectivity index (χ3v) is 4.42. The van der Waals surface area contributed by atoms with Gasteiger partial charge in [0, 0.05) is 29.6 Å². The molecule has 0 bridgehead atoms. The Labute approximate surface area is 129 Å². The molecule has 0 radical (unpaired) electrons. The van der Waals surface area contributed by atoms with Crippen molar-refractivity contribution >= 4 is 33.2 Å². The summed E-state index contributed by atoms with van der Waals surface area (Å²) < 4.78 is 1.03. The van der Waals surface area contributed by atoms with Gasteiger partial charge in [0.15, 0.2) is 0 Å². The molecule has 1 saturated heterocycles. The topological polar surface area (TPSA) is 15.3 Å². The normalized spacial score (nSPS) is 24.0. The molecule has 0 aliphatic carbocycles. The largest absolute Gasteiger partial charge is 0.365 e. The summed E-state index contributed by atoms with van der Waals surface area (Å²) in [5, 5.41) is 4.46. The molecule has 0 amide bonds. The van der Waals surface area contributed by atoms with E-state index in [1.807, 2.05) is 6.07 Å². The van der Waals surface area contributed by atoms with Crippen LogP contribution in [-0.4, -0.2) is 25.2 Å². The van der Waals surface area contributed by atoms with Crippen molar-refractivity contribution in [2.45, 2.75) is 39.3 Å². The fourth-order valence-corrected chi connectivity index (χ4v) is 3.49. The summed E-state index contributed by atoms with van der Waals surface area (Å²) in [6.07, 6.45) is 1.21. The number of hydrogen-bond acceptors (Lipinski definition) is 2. The van der Waals surface area contributed by atoms with E-state index in [9.17, 15) is 0 Å². The summed E-state index contributed by atoms with van der Waals surface area (Å²) in [6.45, 7) is 8.84. The fraction of sp³-hybridized carbons (Fsp3) is 0.600. The van der Waals surface area contributed by atoms with Crippen LogP contribution in [0.15, 0.2) is 22.7 Å². The molecule has 2 unspecified atom stereocenters. The lowest BCUT2D eigenvalue weighted by molar-refractivity contribution is 0.356. The second-order valence-electron chi connectivity index (χ2n) is 5.83. The van der Waals surface area contributed by atoms with Gasteiger partial charge in [-0.25, -0.2) is 0 Å². The summed E-state index contributed by atoms with van der Waals surface area (Å²) in [6, 6.07) is 7.18. The lowest BCUT2D eigenvalue weighted by Gasteiger charge is -2.41. The standard InChI is InChI=1S/C15H22BrClN2/c1-10(2)6-13-9-19(11(3)8-18-13)15-5-4-12(16)7-14(15)17/h4-5,7,10-11,13,18H,6,8-9H2,1-3H3. The van der Waals surface area contributed by atoms with E-state index in [4.69, 9.17) is 11.6 Å². The lowest BCUT2D eigenvalue weighted by atomic mass is 9.99. The molecule has 0 saturated carbocycles. The Kier molecular flexibility index (Phi) is 5.15. The zero-order valence-corrected chi connectivity index (χ0v) is 14.1. The lowest BCUT2D eigenvalue weighted by Crippen LogP contribution is -2.56. The highest BCUT2D eigenvalue weighted by molar-refractivity contribution is 9.10. The van der Waals surface area contributed by atoms with Gasteiger partial charge >= 0.3 is 0 Å². The Morgan fingerprint density at radius 3 is 2.84 bits per heavy atom. The zero-order valence-electron chi connectivity index (χ0n) is 11.8. The van der Waals surface area contributed by atoms with Gasteiger partial charge < -0.3 is 10.2 Å². The van der Waals surface area contributed by atoms with Crippen LogP contribution in [0.3, 0.4) is 0 Å². The van der Waals surface area contributed by atoms with Crippen molar-refractivity contribution in [1.29, 1.82) is 0 Å². The summed E-state index contributed by atoms with van der Waals surface area (Å²) in [4.78, 5) is 2.43. The number of anilines is 1. The van der Waals surface area contributed by atoms with E-state index in [-0.39, 0.29) is 0 Å². The molecule has 1 heterocycles. The highest BCUT2D eigenvalue weighted by atomic mass is 79.9. The van der Waals surface area contributed by atoms with Gasteiger partial charge in [0.05, 0.1) is 10.7 Å². The van der Waals surface area contributed by atoms with Crippen LogP contribution < -0.4 is 10.2 Å². The monoisotopic (exact) mass is 344 g/mol. The first kappa shape index (κ1) is 15.1.